The van der Waals surface area contributed by atoms with Gasteiger partial charge in [-0.05, 0) is 36.6 Å². The Morgan fingerprint density at radius 3 is 3.00 bits per heavy atom. The number of aryl methyl sites for hydroxylation is 1. The molecule has 3 N–H and O–H groups in total. The number of hydrogen-bond donors (Lipinski definition) is 3. The first-order valence-electron chi connectivity index (χ1n) is 5.87. The maximum atomic E-state index is 13.3. The highest BCUT2D eigenvalue weighted by atomic mass is 19.1. The number of carbonyl (C=O) groups is 1. The van der Waals surface area contributed by atoms with Crippen LogP contribution < -0.4 is 16.2 Å². The molecule has 1 saturated heterocycles. The molecule has 0 aromatic heterocycles. The molecule has 1 unspecified atom stereocenters. The van der Waals surface area contributed by atoms with Crippen LogP contribution >= 0.6 is 0 Å². The summed E-state index contributed by atoms with van der Waals surface area (Å²) in [6.45, 7) is 0.795. The molecule has 1 fully saturated rings. The van der Waals surface area contributed by atoms with Crippen molar-refractivity contribution in [2.75, 3.05) is 6.54 Å². The molecule has 1 heterocycles. The topological polar surface area (TPSA) is 53.2 Å². The maximum Gasteiger partial charge on any atom is 0.221 e. The Balaban J connectivity index is 1.83. The fraction of sp³-hybridized carbons (Fsp3) is 0.417. The summed E-state index contributed by atoms with van der Waals surface area (Å²) < 4.78 is 26.2. The van der Waals surface area contributed by atoms with Gasteiger partial charge >= 0.3 is 0 Å². The Morgan fingerprint density at radius 1 is 1.44 bits per heavy atom. The van der Waals surface area contributed by atoms with Crippen molar-refractivity contribution in [3.05, 3.63) is 35.4 Å². The van der Waals surface area contributed by atoms with Crippen LogP contribution in [0.3, 0.4) is 0 Å². The van der Waals surface area contributed by atoms with Crippen LogP contribution in [0.15, 0.2) is 18.2 Å². The van der Waals surface area contributed by atoms with Gasteiger partial charge in [-0.25, -0.2) is 14.2 Å². The first kappa shape index (κ1) is 12.9. The molecule has 18 heavy (non-hydrogen) atoms. The van der Waals surface area contributed by atoms with Gasteiger partial charge in [-0.3, -0.25) is 10.2 Å². The first-order valence-corrected chi connectivity index (χ1v) is 5.87. The van der Waals surface area contributed by atoms with E-state index in [0.717, 1.165) is 31.2 Å². The van der Waals surface area contributed by atoms with Gasteiger partial charge in [0, 0.05) is 13.0 Å². The van der Waals surface area contributed by atoms with Gasteiger partial charge in [0.15, 0.2) is 0 Å². The minimum Gasteiger partial charge on any atom is -0.340 e. The monoisotopic (exact) mass is 255 g/mol. The lowest BCUT2D eigenvalue weighted by Gasteiger charge is -2.12. The van der Waals surface area contributed by atoms with Crippen LogP contribution in [0.4, 0.5) is 8.78 Å². The molecule has 4 nitrogen and oxygen atoms in total. The summed E-state index contributed by atoms with van der Waals surface area (Å²) in [4.78, 5) is 11.6. The van der Waals surface area contributed by atoms with E-state index in [9.17, 15) is 13.6 Å². The highest BCUT2D eigenvalue weighted by Crippen LogP contribution is 2.11. The molecule has 98 valence electrons. The molecule has 0 saturated carbocycles. The molecule has 1 atom stereocenters. The predicted octanol–water partition coefficient (Wildman–Crippen LogP) is 0.838. The quantitative estimate of drug-likeness (QED) is 0.747. The van der Waals surface area contributed by atoms with Gasteiger partial charge in [0.2, 0.25) is 5.91 Å². The highest BCUT2D eigenvalue weighted by molar-refractivity contribution is 5.76. The molecule has 6 heteroatoms. The van der Waals surface area contributed by atoms with Gasteiger partial charge < -0.3 is 5.32 Å². The molecule has 0 radical (unpaired) electrons. The van der Waals surface area contributed by atoms with E-state index in [4.69, 9.17) is 0 Å². The second-order valence-corrected chi connectivity index (χ2v) is 4.22. The fourth-order valence-electron chi connectivity index (χ4n) is 1.84. The second-order valence-electron chi connectivity index (χ2n) is 4.22. The van der Waals surface area contributed by atoms with Crippen molar-refractivity contribution < 1.29 is 13.6 Å². The van der Waals surface area contributed by atoms with Crippen LogP contribution in [-0.4, -0.2) is 18.6 Å². The van der Waals surface area contributed by atoms with E-state index >= 15 is 0 Å². The normalized spacial score (nSPS) is 18.9. The molecule has 1 aliphatic rings. The molecule has 1 aliphatic heterocycles. The lowest BCUT2D eigenvalue weighted by atomic mass is 10.1. The van der Waals surface area contributed by atoms with Gasteiger partial charge in [-0.15, -0.1) is 0 Å². The first-order chi connectivity index (χ1) is 8.65. The van der Waals surface area contributed by atoms with E-state index in [-0.39, 0.29) is 30.5 Å². The van der Waals surface area contributed by atoms with Crippen molar-refractivity contribution in [3.63, 3.8) is 0 Å². The Labute approximate surface area is 104 Å². The van der Waals surface area contributed by atoms with Crippen LogP contribution in [0.2, 0.25) is 0 Å². The summed E-state index contributed by atoms with van der Waals surface area (Å²) >= 11 is 0. The zero-order chi connectivity index (χ0) is 13.0. The average molecular weight is 255 g/mol. The number of amides is 1. The van der Waals surface area contributed by atoms with E-state index in [1.54, 1.807) is 0 Å². The van der Waals surface area contributed by atoms with Gasteiger partial charge in [0.1, 0.15) is 11.6 Å². The van der Waals surface area contributed by atoms with E-state index in [2.05, 4.69) is 16.2 Å². The van der Waals surface area contributed by atoms with Gasteiger partial charge in [-0.2, -0.15) is 0 Å². The van der Waals surface area contributed by atoms with E-state index in [0.29, 0.717) is 0 Å². The molecular weight excluding hydrogens is 240 g/mol. The molecule has 1 aromatic carbocycles. The second kappa shape index (κ2) is 5.88. The van der Waals surface area contributed by atoms with Gasteiger partial charge in [-0.1, -0.05) is 0 Å². The van der Waals surface area contributed by atoms with Crippen LogP contribution in [0, 0.1) is 11.6 Å². The minimum atomic E-state index is -0.492. The van der Waals surface area contributed by atoms with E-state index in [1.807, 2.05) is 0 Å². The number of hydrogen-bond acceptors (Lipinski definition) is 3. The lowest BCUT2D eigenvalue weighted by Crippen LogP contribution is -2.44. The Morgan fingerprint density at radius 2 is 2.28 bits per heavy atom. The van der Waals surface area contributed by atoms with Crippen LogP contribution in [0.5, 0.6) is 0 Å². The van der Waals surface area contributed by atoms with Gasteiger partial charge in [0.25, 0.3) is 0 Å². The van der Waals surface area contributed by atoms with Crippen LogP contribution in [-0.2, 0) is 11.2 Å². The Bertz CT molecular complexity index is 433. The van der Waals surface area contributed by atoms with Crippen LogP contribution in [0.25, 0.3) is 0 Å². The number of nitrogens with one attached hydrogen (secondary N) is 3. The lowest BCUT2D eigenvalue weighted by molar-refractivity contribution is -0.121. The summed E-state index contributed by atoms with van der Waals surface area (Å²) in [6.07, 6.45) is 1.05. The van der Waals surface area contributed by atoms with Crippen molar-refractivity contribution in [1.29, 1.82) is 0 Å². The number of halogens is 2. The van der Waals surface area contributed by atoms with Crippen molar-refractivity contribution in [3.8, 4) is 0 Å². The SMILES string of the molecule is O=C(CCc1cc(F)ccc1F)NC1CCNN1. The van der Waals surface area contributed by atoms with E-state index < -0.39 is 11.6 Å². The Kier molecular flexibility index (Phi) is 4.22. The summed E-state index contributed by atoms with van der Waals surface area (Å²) in [7, 11) is 0. The molecule has 2 rings (SSSR count). The van der Waals surface area contributed by atoms with Crippen molar-refractivity contribution in [2.24, 2.45) is 0 Å². The largest absolute Gasteiger partial charge is 0.340 e. The molecule has 0 bridgehead atoms. The smallest absolute Gasteiger partial charge is 0.221 e. The maximum absolute atomic E-state index is 13.3. The standard InChI is InChI=1S/C12H15F2N3O/c13-9-2-3-10(14)8(7-9)1-4-12(18)16-11-5-6-15-17-11/h2-3,7,11,15,17H,1,4-6H2,(H,16,18). The van der Waals surface area contributed by atoms with Crippen molar-refractivity contribution in [1.82, 2.24) is 16.2 Å². The fourth-order valence-corrected chi connectivity index (χ4v) is 1.84. The summed E-state index contributed by atoms with van der Waals surface area (Å²) in [5.41, 5.74) is 6.01. The average Bonchev–Trinajstić information content (AvgIpc) is 2.83. The molecule has 1 aromatic rings. The Hall–Kier alpha value is -1.53. The predicted molar refractivity (Wildman–Crippen MR) is 62.4 cm³/mol. The zero-order valence-electron chi connectivity index (χ0n) is 9.80. The zero-order valence-corrected chi connectivity index (χ0v) is 9.80. The van der Waals surface area contributed by atoms with Gasteiger partial charge in [0.05, 0.1) is 6.17 Å². The third kappa shape index (κ3) is 3.48. The molecule has 0 spiro atoms. The summed E-state index contributed by atoms with van der Waals surface area (Å²) in [6, 6.07) is 3.26. The van der Waals surface area contributed by atoms with Crippen molar-refractivity contribution >= 4 is 5.91 Å². The molecule has 0 aliphatic carbocycles. The molecule has 1 amide bonds. The third-order valence-corrected chi connectivity index (χ3v) is 2.80. The highest BCUT2D eigenvalue weighted by Gasteiger charge is 2.16. The summed E-state index contributed by atoms with van der Waals surface area (Å²) in [5.74, 6) is -1.15. The number of carbonyl (C=O) groups excluding carboxylic acids is 1. The number of rotatable bonds is 4. The number of benzene rings is 1. The number of hydrazine groups is 1. The van der Waals surface area contributed by atoms with Crippen LogP contribution in [0.1, 0.15) is 18.4 Å². The minimum absolute atomic E-state index is 0.0881. The third-order valence-electron chi connectivity index (χ3n) is 2.80. The summed E-state index contributed by atoms with van der Waals surface area (Å²) in [5, 5.41) is 2.75. The van der Waals surface area contributed by atoms with Crippen molar-refractivity contribution in [2.45, 2.75) is 25.4 Å². The van der Waals surface area contributed by atoms with E-state index in [1.165, 1.54) is 0 Å². The molecular formula is C12H15F2N3O.